The van der Waals surface area contributed by atoms with Gasteiger partial charge in [-0.3, -0.25) is 9.48 Å². The normalized spacial score (nSPS) is 11.7. The van der Waals surface area contributed by atoms with Crippen LogP contribution in [0.3, 0.4) is 0 Å². The van der Waals surface area contributed by atoms with Crippen LogP contribution in [-0.2, 0) is 13.1 Å². The molecule has 0 aliphatic carbocycles. The molecule has 4 rings (SSSR count). The third-order valence-corrected chi connectivity index (χ3v) is 6.57. The van der Waals surface area contributed by atoms with Gasteiger partial charge in [0.05, 0.1) is 27.3 Å². The Kier molecular flexibility index (Phi) is 4.74. The molecule has 1 amide bonds. The molecular weight excluding hydrogens is 376 g/mol. The minimum Gasteiger partial charge on any atom is -0.334 e. The van der Waals surface area contributed by atoms with Crippen molar-refractivity contribution in [2.75, 3.05) is 7.05 Å². The monoisotopic (exact) mass is 398 g/mol. The number of thiazole rings is 1. The fourth-order valence-corrected chi connectivity index (χ4v) is 5.32. The fourth-order valence-electron chi connectivity index (χ4n) is 3.14. The molecule has 0 fully saturated rings. The standard InChI is InChI=1S/C20H22N4OS2/c1-12(2)10-24-20-14(13(3)22-24)9-17(27-20)19(25)23(4)11-18-21-15-7-5-6-8-16(15)26-18/h5-9,12H,10-11H2,1-4H3. The number of para-hydroxylation sites is 1. The van der Waals surface area contributed by atoms with Crippen LogP contribution in [0.5, 0.6) is 0 Å². The van der Waals surface area contributed by atoms with Crippen LogP contribution in [-0.4, -0.2) is 32.6 Å². The second-order valence-electron chi connectivity index (χ2n) is 7.23. The number of thiophene rings is 1. The van der Waals surface area contributed by atoms with Gasteiger partial charge in [0.1, 0.15) is 9.84 Å². The summed E-state index contributed by atoms with van der Waals surface area (Å²) in [5.74, 6) is 0.543. The number of aryl methyl sites for hydroxylation is 1. The Labute approximate surface area is 166 Å². The first-order valence-corrected chi connectivity index (χ1v) is 10.6. The summed E-state index contributed by atoms with van der Waals surface area (Å²) >= 11 is 3.17. The first-order chi connectivity index (χ1) is 12.9. The zero-order chi connectivity index (χ0) is 19.1. The van der Waals surface area contributed by atoms with Crippen LogP contribution in [0.2, 0.25) is 0 Å². The summed E-state index contributed by atoms with van der Waals surface area (Å²) in [6, 6.07) is 10.1. The van der Waals surface area contributed by atoms with E-state index in [9.17, 15) is 4.79 Å². The number of aromatic nitrogens is 3. The Bertz CT molecular complexity index is 1090. The van der Waals surface area contributed by atoms with Gasteiger partial charge in [0.15, 0.2) is 0 Å². The summed E-state index contributed by atoms with van der Waals surface area (Å²) in [5.41, 5.74) is 1.97. The van der Waals surface area contributed by atoms with Crippen molar-refractivity contribution in [3.63, 3.8) is 0 Å². The number of amides is 1. The van der Waals surface area contributed by atoms with Gasteiger partial charge in [-0.1, -0.05) is 26.0 Å². The van der Waals surface area contributed by atoms with Gasteiger partial charge in [-0.2, -0.15) is 5.10 Å². The summed E-state index contributed by atoms with van der Waals surface area (Å²) < 4.78 is 3.18. The van der Waals surface area contributed by atoms with E-state index in [1.807, 2.05) is 42.9 Å². The lowest BCUT2D eigenvalue weighted by molar-refractivity contribution is 0.0790. The Balaban J connectivity index is 1.57. The van der Waals surface area contributed by atoms with Crippen LogP contribution in [0, 0.1) is 12.8 Å². The molecule has 0 aliphatic heterocycles. The topological polar surface area (TPSA) is 51.0 Å². The van der Waals surface area contributed by atoms with E-state index in [1.165, 1.54) is 11.3 Å². The maximum absolute atomic E-state index is 13.0. The number of carbonyl (C=O) groups is 1. The molecule has 0 atom stereocenters. The number of hydrogen-bond donors (Lipinski definition) is 0. The third kappa shape index (κ3) is 3.49. The summed E-state index contributed by atoms with van der Waals surface area (Å²) in [6.07, 6.45) is 0. The molecular formula is C20H22N4OS2. The van der Waals surface area contributed by atoms with Crippen molar-refractivity contribution < 1.29 is 4.79 Å². The van der Waals surface area contributed by atoms with Crippen molar-refractivity contribution in [1.82, 2.24) is 19.7 Å². The summed E-state index contributed by atoms with van der Waals surface area (Å²) in [4.78, 5) is 21.2. The quantitative estimate of drug-likeness (QED) is 0.478. The van der Waals surface area contributed by atoms with Crippen LogP contribution in [0.25, 0.3) is 20.4 Å². The van der Waals surface area contributed by atoms with Crippen molar-refractivity contribution in [3.05, 3.63) is 45.9 Å². The SMILES string of the molecule is Cc1nn(CC(C)C)c2sc(C(=O)N(C)Cc3nc4ccccc4s3)cc12. The zero-order valence-corrected chi connectivity index (χ0v) is 17.5. The van der Waals surface area contributed by atoms with Gasteiger partial charge >= 0.3 is 0 Å². The third-order valence-electron chi connectivity index (χ3n) is 4.41. The lowest BCUT2D eigenvalue weighted by Crippen LogP contribution is -2.25. The predicted molar refractivity (Wildman–Crippen MR) is 113 cm³/mol. The van der Waals surface area contributed by atoms with E-state index >= 15 is 0 Å². The first kappa shape index (κ1) is 18.1. The molecule has 140 valence electrons. The second kappa shape index (κ2) is 7.05. The number of fused-ring (bicyclic) bond motifs is 2. The zero-order valence-electron chi connectivity index (χ0n) is 15.9. The lowest BCUT2D eigenvalue weighted by atomic mass is 10.2. The molecule has 3 heterocycles. The van der Waals surface area contributed by atoms with Crippen molar-refractivity contribution in [2.45, 2.75) is 33.9 Å². The fraction of sp³-hybridized carbons (Fsp3) is 0.350. The molecule has 0 aliphatic rings. The largest absolute Gasteiger partial charge is 0.334 e. The highest BCUT2D eigenvalue weighted by atomic mass is 32.1. The minimum atomic E-state index is 0.0333. The van der Waals surface area contributed by atoms with E-state index in [0.29, 0.717) is 12.5 Å². The van der Waals surface area contributed by atoms with Gasteiger partial charge < -0.3 is 4.90 Å². The molecule has 4 aromatic rings. The van der Waals surface area contributed by atoms with Gasteiger partial charge in [-0.15, -0.1) is 22.7 Å². The van der Waals surface area contributed by atoms with E-state index in [2.05, 4.69) is 30.0 Å². The molecule has 7 heteroatoms. The molecule has 0 bridgehead atoms. The molecule has 27 heavy (non-hydrogen) atoms. The van der Waals surface area contributed by atoms with Crippen LogP contribution in [0.1, 0.15) is 34.2 Å². The Morgan fingerprint density at radius 3 is 2.78 bits per heavy atom. The summed E-state index contributed by atoms with van der Waals surface area (Å²) in [6.45, 7) is 7.73. The first-order valence-electron chi connectivity index (χ1n) is 8.99. The van der Waals surface area contributed by atoms with Gasteiger partial charge in [-0.25, -0.2) is 4.98 Å². The average Bonchev–Trinajstić information content (AvgIpc) is 3.29. The van der Waals surface area contributed by atoms with Gasteiger partial charge in [-0.05, 0) is 31.0 Å². The molecule has 0 N–H and O–H groups in total. The van der Waals surface area contributed by atoms with E-state index in [4.69, 9.17) is 0 Å². The highest BCUT2D eigenvalue weighted by Gasteiger charge is 2.20. The molecule has 0 saturated carbocycles. The van der Waals surface area contributed by atoms with Crippen molar-refractivity contribution in [1.29, 1.82) is 0 Å². The van der Waals surface area contributed by atoms with E-state index < -0.39 is 0 Å². The van der Waals surface area contributed by atoms with Gasteiger partial charge in [0, 0.05) is 19.0 Å². The summed E-state index contributed by atoms with van der Waals surface area (Å²) in [5, 5.41) is 6.66. The maximum Gasteiger partial charge on any atom is 0.264 e. The van der Waals surface area contributed by atoms with Gasteiger partial charge in [0.2, 0.25) is 0 Å². The molecule has 0 spiro atoms. The van der Waals surface area contributed by atoms with E-state index in [1.54, 1.807) is 16.2 Å². The number of rotatable bonds is 5. The van der Waals surface area contributed by atoms with Crippen molar-refractivity contribution >= 4 is 49.0 Å². The van der Waals surface area contributed by atoms with Crippen LogP contribution in [0.15, 0.2) is 30.3 Å². The smallest absolute Gasteiger partial charge is 0.264 e. The van der Waals surface area contributed by atoms with Crippen LogP contribution < -0.4 is 0 Å². The molecule has 3 aromatic heterocycles. The number of benzene rings is 1. The number of carbonyl (C=O) groups excluding carboxylic acids is 1. The number of hydrogen-bond acceptors (Lipinski definition) is 5. The highest BCUT2D eigenvalue weighted by Crippen LogP contribution is 2.30. The lowest BCUT2D eigenvalue weighted by Gasteiger charge is -2.14. The molecule has 0 unspecified atom stereocenters. The maximum atomic E-state index is 13.0. The molecule has 5 nitrogen and oxygen atoms in total. The molecule has 0 radical (unpaired) electrons. The summed E-state index contributed by atoms with van der Waals surface area (Å²) in [7, 11) is 1.84. The van der Waals surface area contributed by atoms with E-state index in [0.717, 1.165) is 42.6 Å². The minimum absolute atomic E-state index is 0.0333. The van der Waals surface area contributed by atoms with Crippen molar-refractivity contribution in [3.8, 4) is 0 Å². The van der Waals surface area contributed by atoms with Gasteiger partial charge in [0.25, 0.3) is 5.91 Å². The van der Waals surface area contributed by atoms with Crippen LogP contribution in [0.4, 0.5) is 0 Å². The molecule has 1 aromatic carbocycles. The average molecular weight is 399 g/mol. The molecule has 0 saturated heterocycles. The highest BCUT2D eigenvalue weighted by molar-refractivity contribution is 7.20. The number of nitrogens with zero attached hydrogens (tertiary/aromatic N) is 4. The Morgan fingerprint density at radius 2 is 2.04 bits per heavy atom. The second-order valence-corrected chi connectivity index (χ2v) is 9.37. The Hall–Kier alpha value is -2.25. The van der Waals surface area contributed by atoms with Crippen molar-refractivity contribution in [2.24, 2.45) is 5.92 Å². The Morgan fingerprint density at radius 1 is 1.26 bits per heavy atom. The van der Waals surface area contributed by atoms with Crippen LogP contribution >= 0.6 is 22.7 Å². The van der Waals surface area contributed by atoms with E-state index in [-0.39, 0.29) is 5.91 Å². The predicted octanol–water partition coefficient (Wildman–Crippen LogP) is 4.94.